The summed E-state index contributed by atoms with van der Waals surface area (Å²) in [6.07, 6.45) is 10.9. The molecule has 0 radical (unpaired) electrons. The number of halogens is 1. The highest BCUT2D eigenvalue weighted by molar-refractivity contribution is 7.89. The van der Waals surface area contributed by atoms with Crippen LogP contribution >= 0.6 is 11.6 Å². The Morgan fingerprint density at radius 3 is 1.94 bits per heavy atom. The van der Waals surface area contributed by atoms with Crippen LogP contribution in [0, 0.1) is 0 Å². The van der Waals surface area contributed by atoms with Crippen LogP contribution in [0.15, 0.2) is 29.2 Å². The van der Waals surface area contributed by atoms with Crippen molar-refractivity contribution < 1.29 is 22.7 Å². The van der Waals surface area contributed by atoms with Crippen molar-refractivity contribution in [2.45, 2.75) is 81.2 Å². The Balaban J connectivity index is 1.57. The molecule has 0 saturated heterocycles. The van der Waals surface area contributed by atoms with E-state index in [0.717, 1.165) is 55.7 Å². The molecule has 2 aliphatic carbocycles. The zero-order chi connectivity index (χ0) is 23.1. The molecule has 1 aromatic carbocycles. The average molecular weight is 485 g/mol. The number of carbonyl (C=O) groups excluding carboxylic acids is 2. The molecule has 0 heterocycles. The second-order valence-corrected chi connectivity index (χ2v) is 11.2. The number of likely N-dealkylation sites (N-methyl/N-ethyl adjacent to an activating group) is 1. The van der Waals surface area contributed by atoms with Crippen molar-refractivity contribution in [1.82, 2.24) is 9.21 Å². The normalized spacial score (nSPS) is 18.5. The first kappa shape index (κ1) is 25.0. The summed E-state index contributed by atoms with van der Waals surface area (Å²) in [5.41, 5.74) is 0. The molecule has 32 heavy (non-hydrogen) atoms. The Morgan fingerprint density at radius 2 is 1.44 bits per heavy atom. The van der Waals surface area contributed by atoms with Crippen LogP contribution in [0.25, 0.3) is 0 Å². The predicted molar refractivity (Wildman–Crippen MR) is 123 cm³/mol. The number of sulfonamides is 1. The fourth-order valence-electron chi connectivity index (χ4n) is 4.74. The van der Waals surface area contributed by atoms with E-state index in [1.54, 1.807) is 0 Å². The van der Waals surface area contributed by atoms with E-state index in [2.05, 4.69) is 0 Å². The highest BCUT2D eigenvalue weighted by Gasteiger charge is 2.33. The van der Waals surface area contributed by atoms with Gasteiger partial charge in [-0.25, -0.2) is 8.42 Å². The zero-order valence-corrected chi connectivity index (χ0v) is 20.2. The molecule has 3 rings (SSSR count). The highest BCUT2D eigenvalue weighted by atomic mass is 35.5. The van der Waals surface area contributed by atoms with Gasteiger partial charge in [0, 0.05) is 24.2 Å². The largest absolute Gasteiger partial charge is 0.455 e. The number of hydrogen-bond donors (Lipinski definition) is 0. The van der Waals surface area contributed by atoms with Gasteiger partial charge in [-0.1, -0.05) is 50.1 Å². The SMILES string of the molecule is CN(CC(=O)OCC(=O)N(C1CCCCC1)C1CCCCC1)S(=O)(=O)c1ccc(Cl)cc1. The highest BCUT2D eigenvalue weighted by Crippen LogP contribution is 2.30. The van der Waals surface area contributed by atoms with Gasteiger partial charge in [0.05, 0.1) is 4.90 Å². The van der Waals surface area contributed by atoms with Crippen LogP contribution in [0.5, 0.6) is 0 Å². The van der Waals surface area contributed by atoms with Crippen LogP contribution in [0.2, 0.25) is 5.02 Å². The van der Waals surface area contributed by atoms with Crippen LogP contribution in [-0.2, 0) is 24.3 Å². The third-order valence-electron chi connectivity index (χ3n) is 6.45. The molecule has 2 aliphatic rings. The Morgan fingerprint density at radius 1 is 0.938 bits per heavy atom. The molecule has 0 unspecified atom stereocenters. The molecule has 9 heteroatoms. The first-order valence-corrected chi connectivity index (χ1v) is 13.3. The van der Waals surface area contributed by atoms with Crippen molar-refractivity contribution in [3.8, 4) is 0 Å². The number of benzene rings is 1. The number of hydrogen-bond acceptors (Lipinski definition) is 5. The topological polar surface area (TPSA) is 84.0 Å². The molecule has 0 bridgehead atoms. The Labute approximate surface area is 196 Å². The van der Waals surface area contributed by atoms with Crippen molar-refractivity contribution in [2.24, 2.45) is 0 Å². The Bertz CT molecular complexity index is 860. The molecule has 0 N–H and O–H groups in total. The third kappa shape index (κ3) is 6.45. The fraction of sp³-hybridized carbons (Fsp3) is 0.652. The van der Waals surface area contributed by atoms with E-state index < -0.39 is 22.5 Å². The molecule has 0 atom stereocenters. The zero-order valence-electron chi connectivity index (χ0n) is 18.7. The molecule has 1 amide bonds. The molecule has 2 fully saturated rings. The fourth-order valence-corrected chi connectivity index (χ4v) is 5.98. The lowest BCUT2D eigenvalue weighted by atomic mass is 9.88. The van der Waals surface area contributed by atoms with Gasteiger partial charge in [-0.05, 0) is 49.9 Å². The van der Waals surface area contributed by atoms with Gasteiger partial charge in [0.1, 0.15) is 6.54 Å². The average Bonchev–Trinajstić information content (AvgIpc) is 2.79. The van der Waals surface area contributed by atoms with Gasteiger partial charge in [-0.2, -0.15) is 4.31 Å². The van der Waals surface area contributed by atoms with Crippen molar-refractivity contribution >= 4 is 33.5 Å². The summed E-state index contributed by atoms with van der Waals surface area (Å²) in [7, 11) is -2.55. The lowest BCUT2D eigenvalue weighted by molar-refractivity contribution is -0.155. The molecule has 7 nitrogen and oxygen atoms in total. The summed E-state index contributed by atoms with van der Waals surface area (Å²) in [4.78, 5) is 27.5. The molecular formula is C23H33ClN2O5S. The minimum atomic E-state index is -3.86. The second-order valence-electron chi connectivity index (χ2n) is 8.76. The van der Waals surface area contributed by atoms with Crippen molar-refractivity contribution in [3.63, 3.8) is 0 Å². The standard InChI is InChI=1S/C23H33ClN2O5S/c1-25(32(29,30)21-14-12-18(24)13-15-21)16-23(28)31-17-22(27)26(19-8-4-2-5-9-19)20-10-6-3-7-11-20/h12-15,19-20H,2-11,16-17H2,1H3. The number of nitrogens with zero attached hydrogens (tertiary/aromatic N) is 2. The number of ether oxygens (including phenoxy) is 1. The third-order valence-corrected chi connectivity index (χ3v) is 8.52. The van der Waals surface area contributed by atoms with E-state index in [0.29, 0.717) is 5.02 Å². The van der Waals surface area contributed by atoms with Crippen LogP contribution in [0.3, 0.4) is 0 Å². The van der Waals surface area contributed by atoms with Crippen LogP contribution in [-0.4, -0.2) is 61.8 Å². The van der Waals surface area contributed by atoms with Crippen molar-refractivity contribution in [3.05, 3.63) is 29.3 Å². The van der Waals surface area contributed by atoms with Gasteiger partial charge in [-0.15, -0.1) is 0 Å². The van der Waals surface area contributed by atoms with Gasteiger partial charge < -0.3 is 9.64 Å². The van der Waals surface area contributed by atoms with Gasteiger partial charge in [0.25, 0.3) is 5.91 Å². The first-order valence-electron chi connectivity index (χ1n) is 11.5. The Kier molecular flexibility index (Phi) is 8.96. The summed E-state index contributed by atoms with van der Waals surface area (Å²) in [6, 6.07) is 6.15. The lowest BCUT2D eigenvalue weighted by Crippen LogP contribution is -2.50. The maximum absolute atomic E-state index is 13.1. The maximum atomic E-state index is 13.1. The monoisotopic (exact) mass is 484 g/mol. The molecule has 0 aromatic heterocycles. The van der Waals surface area contributed by atoms with Crippen LogP contribution in [0.4, 0.5) is 0 Å². The van der Waals surface area contributed by atoms with Gasteiger partial charge >= 0.3 is 5.97 Å². The van der Waals surface area contributed by atoms with E-state index in [9.17, 15) is 18.0 Å². The molecule has 0 spiro atoms. The Hall–Kier alpha value is -1.64. The number of rotatable bonds is 8. The summed E-state index contributed by atoms with van der Waals surface area (Å²) >= 11 is 5.82. The molecule has 0 aliphatic heterocycles. The van der Waals surface area contributed by atoms with Gasteiger partial charge in [0.15, 0.2) is 6.61 Å². The van der Waals surface area contributed by atoms with E-state index >= 15 is 0 Å². The smallest absolute Gasteiger partial charge is 0.321 e. The molecule has 178 valence electrons. The maximum Gasteiger partial charge on any atom is 0.321 e. The van der Waals surface area contributed by atoms with Gasteiger partial charge in [-0.3, -0.25) is 9.59 Å². The van der Waals surface area contributed by atoms with E-state index in [4.69, 9.17) is 16.3 Å². The van der Waals surface area contributed by atoms with Gasteiger partial charge in [0.2, 0.25) is 10.0 Å². The molecule has 1 aromatic rings. The predicted octanol–water partition coefficient (Wildman–Crippen LogP) is 4.00. The molecule has 2 saturated carbocycles. The van der Waals surface area contributed by atoms with E-state index in [1.165, 1.54) is 44.2 Å². The number of amides is 1. The summed E-state index contributed by atoms with van der Waals surface area (Å²) in [5, 5.41) is 0.421. The number of carbonyl (C=O) groups is 2. The quantitative estimate of drug-likeness (QED) is 0.521. The first-order chi connectivity index (χ1) is 15.3. The molecular weight excluding hydrogens is 452 g/mol. The summed E-state index contributed by atoms with van der Waals surface area (Å²) in [5.74, 6) is -0.911. The summed E-state index contributed by atoms with van der Waals surface area (Å²) in [6.45, 7) is -0.814. The van der Waals surface area contributed by atoms with Crippen molar-refractivity contribution in [2.75, 3.05) is 20.2 Å². The summed E-state index contributed by atoms with van der Waals surface area (Å²) < 4.78 is 31.4. The van der Waals surface area contributed by atoms with Crippen LogP contribution < -0.4 is 0 Å². The second kappa shape index (κ2) is 11.5. The minimum Gasteiger partial charge on any atom is -0.455 e. The van der Waals surface area contributed by atoms with E-state index in [-0.39, 0.29) is 29.5 Å². The number of esters is 1. The minimum absolute atomic E-state index is 0.0362. The van der Waals surface area contributed by atoms with Crippen LogP contribution in [0.1, 0.15) is 64.2 Å². The lowest BCUT2D eigenvalue weighted by Gasteiger charge is -2.41. The van der Waals surface area contributed by atoms with E-state index in [1.807, 2.05) is 4.90 Å². The van der Waals surface area contributed by atoms with Crippen molar-refractivity contribution in [1.29, 1.82) is 0 Å².